The van der Waals surface area contributed by atoms with Crippen molar-refractivity contribution in [3.05, 3.63) is 12.7 Å². The lowest BCUT2D eigenvalue weighted by Crippen LogP contribution is -2.26. The summed E-state index contributed by atoms with van der Waals surface area (Å²) in [6.07, 6.45) is 2.03. The molecule has 0 saturated carbocycles. The molecule has 0 aliphatic carbocycles. The maximum atomic E-state index is 3.71. The molecule has 0 aromatic heterocycles. The van der Waals surface area contributed by atoms with Crippen molar-refractivity contribution >= 4 is 9.68 Å². The van der Waals surface area contributed by atoms with Crippen LogP contribution in [0, 0.1) is 0 Å². The summed E-state index contributed by atoms with van der Waals surface area (Å²) in [5.74, 6) is 0. The van der Waals surface area contributed by atoms with Gasteiger partial charge in [0.2, 0.25) is 0 Å². The van der Waals surface area contributed by atoms with Crippen molar-refractivity contribution in [1.82, 2.24) is 4.57 Å². The Labute approximate surface area is 60.7 Å². The highest BCUT2D eigenvalue weighted by molar-refractivity contribution is 6.32. The Morgan fingerprint density at radius 2 is 2.00 bits per heavy atom. The van der Waals surface area contributed by atoms with Crippen LogP contribution in [-0.4, -0.2) is 27.3 Å². The van der Waals surface area contributed by atoms with Crippen LogP contribution in [0.1, 0.15) is 13.8 Å². The lowest BCUT2D eigenvalue weighted by atomic mass is 10.7. The van der Waals surface area contributed by atoms with Gasteiger partial charge in [0, 0.05) is 0 Å². The number of hydrogen-bond acceptors (Lipinski definition) is 1. The molecule has 0 amide bonds. The first-order valence-corrected chi connectivity index (χ1v) is 5.31. The minimum Gasteiger partial charge on any atom is -0.329 e. The Balaban J connectivity index is 3.19. The van der Waals surface area contributed by atoms with Crippen LogP contribution in [0.5, 0.6) is 0 Å². The van der Waals surface area contributed by atoms with Crippen LogP contribution >= 0.6 is 0 Å². The molecule has 9 heavy (non-hydrogen) atoms. The van der Waals surface area contributed by atoms with Crippen LogP contribution < -0.4 is 0 Å². The predicted octanol–water partition coefficient (Wildman–Crippen LogP) is 1.02. The molecular formula is C7H17NSi. The molecule has 1 nitrogen and oxygen atoms in total. The molecule has 0 aromatic carbocycles. The van der Waals surface area contributed by atoms with Crippen LogP contribution in [0.2, 0.25) is 6.04 Å². The Bertz CT molecular complexity index is 69.3. The van der Waals surface area contributed by atoms with Gasteiger partial charge >= 0.3 is 0 Å². The Morgan fingerprint density at radius 1 is 1.44 bits per heavy atom. The Kier molecular flexibility index (Phi) is 5.99. The van der Waals surface area contributed by atoms with E-state index in [1.165, 1.54) is 19.1 Å². The molecule has 0 N–H and O–H groups in total. The molecule has 0 atom stereocenters. The van der Waals surface area contributed by atoms with Crippen molar-refractivity contribution in [2.24, 2.45) is 0 Å². The van der Waals surface area contributed by atoms with Crippen molar-refractivity contribution in [1.29, 1.82) is 0 Å². The summed E-state index contributed by atoms with van der Waals surface area (Å²) in [6.45, 7) is 10.6. The largest absolute Gasteiger partial charge is 0.329 e. The van der Waals surface area contributed by atoms with Gasteiger partial charge in [-0.15, -0.1) is 6.58 Å². The summed E-state index contributed by atoms with van der Waals surface area (Å²) < 4.78 is 2.53. The predicted molar refractivity (Wildman–Crippen MR) is 46.5 cm³/mol. The van der Waals surface area contributed by atoms with Crippen molar-refractivity contribution in [2.45, 2.75) is 19.9 Å². The van der Waals surface area contributed by atoms with Crippen molar-refractivity contribution < 1.29 is 0 Å². The second kappa shape index (κ2) is 6.04. The second-order valence-electron chi connectivity index (χ2n) is 2.10. The first kappa shape index (κ1) is 8.92. The fraction of sp³-hybridized carbons (Fsp3) is 0.714. The zero-order valence-electron chi connectivity index (χ0n) is 6.56. The van der Waals surface area contributed by atoms with E-state index in [-0.39, 0.29) is 9.68 Å². The van der Waals surface area contributed by atoms with E-state index in [0.717, 1.165) is 0 Å². The third-order valence-corrected chi connectivity index (χ3v) is 3.74. The van der Waals surface area contributed by atoms with Crippen LogP contribution in [0.3, 0.4) is 0 Å². The van der Waals surface area contributed by atoms with Gasteiger partial charge in [0.05, 0.1) is 9.68 Å². The normalized spacial score (nSPS) is 11.4. The average molecular weight is 143 g/mol. The van der Waals surface area contributed by atoms with Gasteiger partial charge in [-0.1, -0.05) is 19.9 Å². The number of allylic oxidation sites excluding steroid dienone is 1. The Hall–Kier alpha value is -0.0831. The van der Waals surface area contributed by atoms with Crippen LogP contribution in [0.4, 0.5) is 0 Å². The maximum absolute atomic E-state index is 3.71. The van der Waals surface area contributed by atoms with E-state index in [1.807, 2.05) is 6.08 Å². The lowest BCUT2D eigenvalue weighted by Gasteiger charge is -2.15. The van der Waals surface area contributed by atoms with Gasteiger partial charge in [0.1, 0.15) is 0 Å². The van der Waals surface area contributed by atoms with E-state index in [1.54, 1.807) is 0 Å². The van der Waals surface area contributed by atoms with Gasteiger partial charge in [-0.2, -0.15) is 0 Å². The topological polar surface area (TPSA) is 3.24 Å². The smallest absolute Gasteiger partial charge is 0.0987 e. The third-order valence-electron chi connectivity index (χ3n) is 1.54. The molecule has 0 heterocycles. The van der Waals surface area contributed by atoms with Gasteiger partial charge in [0.15, 0.2) is 0 Å². The number of hydrogen-bond donors (Lipinski definition) is 0. The summed E-state index contributed by atoms with van der Waals surface area (Å²) in [6, 6.07) is 1.25. The van der Waals surface area contributed by atoms with Gasteiger partial charge in [-0.25, -0.2) is 0 Å². The minimum absolute atomic E-state index is 0.0405. The highest BCUT2D eigenvalue weighted by atomic mass is 28.2. The van der Waals surface area contributed by atoms with Crippen molar-refractivity contribution in [3.63, 3.8) is 0 Å². The van der Waals surface area contributed by atoms with Crippen LogP contribution in [-0.2, 0) is 0 Å². The average Bonchev–Trinajstić information content (AvgIpc) is 1.91. The van der Waals surface area contributed by atoms with Gasteiger partial charge in [-0.3, -0.25) is 0 Å². The zero-order chi connectivity index (χ0) is 7.11. The summed E-state index contributed by atoms with van der Waals surface area (Å²) in [5.41, 5.74) is 0. The fourth-order valence-corrected chi connectivity index (χ4v) is 1.99. The second-order valence-corrected chi connectivity index (χ2v) is 4.02. The molecule has 0 saturated heterocycles. The molecule has 2 heteroatoms. The summed E-state index contributed by atoms with van der Waals surface area (Å²) in [5, 5.41) is 0. The molecule has 0 bridgehead atoms. The van der Waals surface area contributed by atoms with Crippen LogP contribution in [0.15, 0.2) is 12.7 Å². The van der Waals surface area contributed by atoms with Gasteiger partial charge < -0.3 is 4.57 Å². The molecule has 0 aliphatic rings. The van der Waals surface area contributed by atoms with E-state index < -0.39 is 0 Å². The maximum Gasteiger partial charge on any atom is 0.0987 e. The highest BCUT2D eigenvalue weighted by Gasteiger charge is 1.94. The standard InChI is InChI=1S/C7H17NSi/c1-4-7-9-8(5-2)6-3/h4H,1,5-7,9H2,2-3H3. The van der Waals surface area contributed by atoms with E-state index >= 15 is 0 Å². The molecule has 0 unspecified atom stereocenters. The van der Waals surface area contributed by atoms with E-state index in [2.05, 4.69) is 25.0 Å². The van der Waals surface area contributed by atoms with Crippen molar-refractivity contribution in [3.8, 4) is 0 Å². The molecule has 0 fully saturated rings. The summed E-state index contributed by atoms with van der Waals surface area (Å²) in [4.78, 5) is 0. The molecule has 0 radical (unpaired) electrons. The van der Waals surface area contributed by atoms with Crippen molar-refractivity contribution in [2.75, 3.05) is 13.1 Å². The first-order valence-electron chi connectivity index (χ1n) is 3.68. The van der Waals surface area contributed by atoms with E-state index in [0.29, 0.717) is 0 Å². The molecule has 54 valence electrons. The molecule has 0 aromatic rings. The van der Waals surface area contributed by atoms with Gasteiger partial charge in [-0.05, 0) is 19.1 Å². The lowest BCUT2D eigenvalue weighted by molar-refractivity contribution is 0.494. The first-order chi connectivity index (χ1) is 4.35. The van der Waals surface area contributed by atoms with Gasteiger partial charge in [0.25, 0.3) is 0 Å². The monoisotopic (exact) mass is 143 g/mol. The van der Waals surface area contributed by atoms with Crippen LogP contribution in [0.25, 0.3) is 0 Å². The number of nitrogens with zero attached hydrogens (tertiary/aromatic N) is 1. The Morgan fingerprint density at radius 3 is 2.33 bits per heavy atom. The fourth-order valence-electron chi connectivity index (χ4n) is 0.814. The quantitative estimate of drug-likeness (QED) is 0.410. The number of rotatable bonds is 5. The molecule has 0 spiro atoms. The third kappa shape index (κ3) is 4.42. The summed E-state index contributed by atoms with van der Waals surface area (Å²) >= 11 is 0. The molecular weight excluding hydrogens is 126 g/mol. The minimum atomic E-state index is 0.0405. The molecule has 0 rings (SSSR count). The molecule has 0 aliphatic heterocycles. The highest BCUT2D eigenvalue weighted by Crippen LogP contribution is 1.87. The zero-order valence-corrected chi connectivity index (χ0v) is 7.97. The summed E-state index contributed by atoms with van der Waals surface area (Å²) in [7, 11) is 0.0405. The van der Waals surface area contributed by atoms with E-state index in [4.69, 9.17) is 0 Å². The SMILES string of the molecule is C=CC[SiH2]N(CC)CC. The van der Waals surface area contributed by atoms with E-state index in [9.17, 15) is 0 Å².